The van der Waals surface area contributed by atoms with Gasteiger partial charge in [-0.05, 0) is 18.2 Å². The highest BCUT2D eigenvalue weighted by molar-refractivity contribution is 6.31. The zero-order valence-electron chi connectivity index (χ0n) is 11.0. The summed E-state index contributed by atoms with van der Waals surface area (Å²) in [4.78, 5) is 23.1. The Hall–Kier alpha value is -1.46. The predicted octanol–water partition coefficient (Wildman–Crippen LogP) is 1.82. The van der Waals surface area contributed by atoms with Crippen molar-refractivity contribution in [2.24, 2.45) is 0 Å². The topological polar surface area (TPSA) is 67.4 Å². The van der Waals surface area contributed by atoms with E-state index in [1.165, 1.54) is 13.2 Å². The van der Waals surface area contributed by atoms with Crippen LogP contribution in [0.15, 0.2) is 18.2 Å². The van der Waals surface area contributed by atoms with Gasteiger partial charge in [0.05, 0.1) is 12.7 Å². The van der Waals surface area contributed by atoms with Crippen LogP contribution >= 0.6 is 23.2 Å². The molecule has 7 heteroatoms. The van der Waals surface area contributed by atoms with Crippen LogP contribution in [-0.2, 0) is 4.79 Å². The van der Waals surface area contributed by atoms with Crippen LogP contribution in [0, 0.1) is 0 Å². The smallest absolute Gasteiger partial charge is 0.255 e. The van der Waals surface area contributed by atoms with E-state index in [1.54, 1.807) is 12.1 Å². The van der Waals surface area contributed by atoms with E-state index in [1.807, 2.05) is 0 Å². The molecule has 0 fully saturated rings. The van der Waals surface area contributed by atoms with Crippen molar-refractivity contribution in [1.82, 2.24) is 10.6 Å². The molecule has 5 nitrogen and oxygen atoms in total. The number of carbonyl (C=O) groups excluding carboxylic acids is 2. The molecule has 1 rings (SSSR count). The highest BCUT2D eigenvalue weighted by Crippen LogP contribution is 2.22. The molecular weight excluding hydrogens is 303 g/mol. The van der Waals surface area contributed by atoms with Gasteiger partial charge in [-0.3, -0.25) is 9.59 Å². The van der Waals surface area contributed by atoms with Crippen molar-refractivity contribution in [3.05, 3.63) is 28.8 Å². The summed E-state index contributed by atoms with van der Waals surface area (Å²) in [6.45, 7) is 0.646. The molecule has 1 aromatic carbocycles. The van der Waals surface area contributed by atoms with Crippen LogP contribution in [0.2, 0.25) is 5.02 Å². The van der Waals surface area contributed by atoms with Gasteiger partial charge in [0.1, 0.15) is 5.75 Å². The zero-order chi connectivity index (χ0) is 15.0. The van der Waals surface area contributed by atoms with E-state index >= 15 is 0 Å². The molecule has 0 aromatic heterocycles. The number of carbonyl (C=O) groups is 2. The van der Waals surface area contributed by atoms with Crippen LogP contribution < -0.4 is 15.4 Å². The van der Waals surface area contributed by atoms with Crippen LogP contribution in [-0.4, -0.2) is 37.9 Å². The number of alkyl halides is 1. The fraction of sp³-hybridized carbons (Fsp3) is 0.385. The summed E-state index contributed by atoms with van der Waals surface area (Å²) in [5.74, 6) is 0.265. The second kappa shape index (κ2) is 8.66. The van der Waals surface area contributed by atoms with E-state index in [9.17, 15) is 9.59 Å². The number of nitrogens with one attached hydrogen (secondary N) is 2. The molecule has 0 aliphatic rings. The highest BCUT2D eigenvalue weighted by Gasteiger charge is 2.12. The van der Waals surface area contributed by atoms with E-state index in [0.717, 1.165) is 0 Å². The summed E-state index contributed by atoms with van der Waals surface area (Å²) < 4.78 is 5.09. The average molecular weight is 319 g/mol. The van der Waals surface area contributed by atoms with Crippen molar-refractivity contribution >= 4 is 35.0 Å². The minimum Gasteiger partial charge on any atom is -0.496 e. The molecular formula is C13H16Cl2N2O3. The first-order valence-electron chi connectivity index (χ1n) is 6.03. The van der Waals surface area contributed by atoms with Gasteiger partial charge in [0.25, 0.3) is 5.91 Å². The number of benzene rings is 1. The maximum absolute atomic E-state index is 12.0. The second-order valence-electron chi connectivity index (χ2n) is 3.89. The van der Waals surface area contributed by atoms with E-state index in [0.29, 0.717) is 29.4 Å². The number of amides is 2. The largest absolute Gasteiger partial charge is 0.496 e. The first kappa shape index (κ1) is 16.6. The molecule has 2 N–H and O–H groups in total. The van der Waals surface area contributed by atoms with Gasteiger partial charge in [-0.25, -0.2) is 0 Å². The van der Waals surface area contributed by atoms with Gasteiger partial charge in [0, 0.05) is 30.4 Å². The summed E-state index contributed by atoms with van der Waals surface area (Å²) in [5.41, 5.74) is 0.354. The molecule has 1 aromatic rings. The molecule has 0 heterocycles. The fourth-order valence-electron chi connectivity index (χ4n) is 1.51. The number of methoxy groups -OCH3 is 1. The Labute approximate surface area is 127 Å². The third kappa shape index (κ3) is 5.27. The molecule has 2 amide bonds. The molecule has 0 aliphatic heterocycles. The molecule has 0 aliphatic carbocycles. The van der Waals surface area contributed by atoms with Gasteiger partial charge < -0.3 is 15.4 Å². The molecule has 0 bridgehead atoms. The Morgan fingerprint density at radius 1 is 1.25 bits per heavy atom. The SMILES string of the molecule is COc1ccc(Cl)cc1C(=O)NCCNC(=O)CCCl. The summed E-state index contributed by atoms with van der Waals surface area (Å²) in [6.07, 6.45) is 0.262. The lowest BCUT2D eigenvalue weighted by Crippen LogP contribution is -2.34. The van der Waals surface area contributed by atoms with E-state index in [-0.39, 0.29) is 24.1 Å². The lowest BCUT2D eigenvalue weighted by Gasteiger charge is -2.10. The van der Waals surface area contributed by atoms with E-state index in [2.05, 4.69) is 10.6 Å². The molecule has 0 saturated carbocycles. The van der Waals surface area contributed by atoms with Crippen molar-refractivity contribution in [2.75, 3.05) is 26.1 Å². The Bertz CT molecular complexity index is 481. The first-order valence-corrected chi connectivity index (χ1v) is 6.94. The van der Waals surface area contributed by atoms with Gasteiger partial charge in [0.15, 0.2) is 0 Å². The molecule has 0 radical (unpaired) electrons. The Balaban J connectivity index is 2.47. The standard InChI is InChI=1S/C13H16Cl2N2O3/c1-20-11-3-2-9(15)8-10(11)13(19)17-7-6-16-12(18)4-5-14/h2-3,8H,4-7H2,1H3,(H,16,18)(H,17,19). The quantitative estimate of drug-likeness (QED) is 0.595. The number of hydrogen-bond donors (Lipinski definition) is 2. The van der Waals surface area contributed by atoms with Gasteiger partial charge in [0.2, 0.25) is 5.91 Å². The minimum atomic E-state index is -0.309. The summed E-state index contributed by atoms with van der Waals surface area (Å²) >= 11 is 11.3. The molecule has 0 atom stereocenters. The molecule has 0 unspecified atom stereocenters. The lowest BCUT2D eigenvalue weighted by molar-refractivity contribution is -0.120. The number of ether oxygens (including phenoxy) is 1. The van der Waals surface area contributed by atoms with Gasteiger partial charge in [-0.1, -0.05) is 11.6 Å². The van der Waals surface area contributed by atoms with Crippen LogP contribution in [0.3, 0.4) is 0 Å². The lowest BCUT2D eigenvalue weighted by atomic mass is 10.2. The average Bonchev–Trinajstić information content (AvgIpc) is 2.43. The molecule has 0 saturated heterocycles. The maximum atomic E-state index is 12.0. The number of hydrogen-bond acceptors (Lipinski definition) is 3. The molecule has 110 valence electrons. The first-order chi connectivity index (χ1) is 9.58. The third-order valence-electron chi connectivity index (χ3n) is 2.46. The Morgan fingerprint density at radius 3 is 2.60 bits per heavy atom. The Kier molecular flexibility index (Phi) is 7.18. The number of rotatable bonds is 7. The minimum absolute atomic E-state index is 0.144. The van der Waals surface area contributed by atoms with Gasteiger partial charge in [-0.15, -0.1) is 11.6 Å². The van der Waals surface area contributed by atoms with Crippen molar-refractivity contribution < 1.29 is 14.3 Å². The monoisotopic (exact) mass is 318 g/mol. The van der Waals surface area contributed by atoms with Crippen molar-refractivity contribution in [1.29, 1.82) is 0 Å². The van der Waals surface area contributed by atoms with Crippen molar-refractivity contribution in [3.63, 3.8) is 0 Å². The molecule has 20 heavy (non-hydrogen) atoms. The summed E-state index contributed by atoms with van der Waals surface area (Å²) in [5, 5.41) is 5.76. The third-order valence-corrected chi connectivity index (χ3v) is 2.88. The summed E-state index contributed by atoms with van der Waals surface area (Å²) in [6, 6.07) is 4.80. The Morgan fingerprint density at radius 2 is 1.95 bits per heavy atom. The zero-order valence-corrected chi connectivity index (χ0v) is 12.6. The van der Waals surface area contributed by atoms with Crippen LogP contribution in [0.4, 0.5) is 0 Å². The summed E-state index contributed by atoms with van der Waals surface area (Å²) in [7, 11) is 1.48. The fourth-order valence-corrected chi connectivity index (χ4v) is 1.85. The van der Waals surface area contributed by atoms with Crippen molar-refractivity contribution in [2.45, 2.75) is 6.42 Å². The van der Waals surface area contributed by atoms with Crippen molar-refractivity contribution in [3.8, 4) is 5.75 Å². The van der Waals surface area contributed by atoms with Crippen LogP contribution in [0.5, 0.6) is 5.75 Å². The normalized spacial score (nSPS) is 9.95. The highest BCUT2D eigenvalue weighted by atomic mass is 35.5. The van der Waals surface area contributed by atoms with Crippen LogP contribution in [0.1, 0.15) is 16.8 Å². The number of halogens is 2. The molecule has 0 spiro atoms. The predicted molar refractivity (Wildman–Crippen MR) is 78.7 cm³/mol. The van der Waals surface area contributed by atoms with Crippen LogP contribution in [0.25, 0.3) is 0 Å². The second-order valence-corrected chi connectivity index (χ2v) is 4.70. The van der Waals surface area contributed by atoms with E-state index in [4.69, 9.17) is 27.9 Å². The maximum Gasteiger partial charge on any atom is 0.255 e. The van der Waals surface area contributed by atoms with E-state index < -0.39 is 0 Å². The van der Waals surface area contributed by atoms with Gasteiger partial charge >= 0.3 is 0 Å². The van der Waals surface area contributed by atoms with Gasteiger partial charge in [-0.2, -0.15) is 0 Å².